The first-order chi connectivity index (χ1) is 15.2. The zero-order valence-electron chi connectivity index (χ0n) is 21.7. The van der Waals surface area contributed by atoms with Gasteiger partial charge in [0.1, 0.15) is 0 Å². The Kier molecular flexibility index (Phi) is 7.45. The van der Waals surface area contributed by atoms with Crippen LogP contribution < -0.4 is 16.8 Å². The third kappa shape index (κ3) is 3.40. The van der Waals surface area contributed by atoms with E-state index >= 15 is 0 Å². The van der Waals surface area contributed by atoms with Gasteiger partial charge in [-0.1, -0.05) is 34.1 Å². The molecule has 0 saturated heterocycles. The number of nitrogens with two attached hydrogens (primary N) is 2. The number of hydrogen-bond donors (Lipinski definition) is 4. The van der Waals surface area contributed by atoms with Crippen LogP contribution in [0.3, 0.4) is 0 Å². The summed E-state index contributed by atoms with van der Waals surface area (Å²) < 4.78 is 0. The molecule has 0 bridgehead atoms. The van der Waals surface area contributed by atoms with Crippen molar-refractivity contribution in [3.8, 4) is 0 Å². The maximum atomic E-state index is 9.24. The molecule has 5 aliphatic rings. The Labute approximate surface area is 196 Å². The van der Waals surface area contributed by atoms with Crippen LogP contribution in [0.5, 0.6) is 0 Å². The number of fused-ring (bicyclic) bond motifs is 2. The highest BCUT2D eigenvalue weighted by Crippen LogP contribution is 2.88. The van der Waals surface area contributed by atoms with Crippen molar-refractivity contribution in [1.82, 2.24) is 5.32 Å². The van der Waals surface area contributed by atoms with Crippen molar-refractivity contribution in [1.29, 1.82) is 0 Å². The summed E-state index contributed by atoms with van der Waals surface area (Å²) >= 11 is 0. The Morgan fingerprint density at radius 2 is 1.66 bits per heavy atom. The van der Waals surface area contributed by atoms with Crippen LogP contribution >= 0.6 is 0 Å². The van der Waals surface area contributed by atoms with Crippen LogP contribution in [0.4, 0.5) is 0 Å². The first-order valence-electron chi connectivity index (χ1n) is 13.3. The fraction of sp³-hybridized carbons (Fsp3) is 0.963. The van der Waals surface area contributed by atoms with Crippen LogP contribution in [0.25, 0.3) is 0 Å². The normalized spacial score (nSPS) is 50.2. The molecule has 0 radical (unpaired) electrons. The molecule has 5 rings (SSSR count). The first-order valence-corrected chi connectivity index (χ1v) is 13.3. The predicted molar refractivity (Wildman–Crippen MR) is 132 cm³/mol. The smallest absolute Gasteiger partial charge is 0.317 e. The Bertz CT molecular complexity index is 686. The van der Waals surface area contributed by atoms with Gasteiger partial charge in [0.25, 0.3) is 0 Å². The average Bonchev–Trinajstić information content (AvgIpc) is 3.38. The maximum Gasteiger partial charge on any atom is 0.317 e. The summed E-state index contributed by atoms with van der Waals surface area (Å²) in [6.45, 7) is 10.2. The molecule has 6 N–H and O–H groups in total. The van der Waals surface area contributed by atoms with Crippen LogP contribution in [0.2, 0.25) is 0 Å². The summed E-state index contributed by atoms with van der Waals surface area (Å²) in [5.74, 6) is 2.99. The van der Waals surface area contributed by atoms with Gasteiger partial charge in [-0.25, -0.2) is 0 Å². The molecule has 5 fully saturated rings. The number of aliphatic carboxylic acids is 1. The predicted octanol–water partition coefficient (Wildman–Crippen LogP) is 4.64. The van der Waals surface area contributed by atoms with Crippen molar-refractivity contribution >= 4 is 5.97 Å². The molecule has 2 spiro atoms. The molecular formula is C27H51N3O2. The summed E-state index contributed by atoms with van der Waals surface area (Å²) in [5, 5.41) is 11.3. The van der Waals surface area contributed by atoms with Crippen LogP contribution in [0.1, 0.15) is 91.9 Å². The summed E-state index contributed by atoms with van der Waals surface area (Å²) in [4.78, 5) is 9.24. The van der Waals surface area contributed by atoms with E-state index in [4.69, 9.17) is 5.11 Å². The molecule has 5 aliphatic carbocycles. The van der Waals surface area contributed by atoms with Gasteiger partial charge in [0, 0.05) is 6.04 Å². The molecule has 5 heteroatoms. The largest absolute Gasteiger partial charge is 0.480 e. The fourth-order valence-corrected chi connectivity index (χ4v) is 10.2. The van der Waals surface area contributed by atoms with E-state index in [1.165, 1.54) is 52.0 Å². The molecular weight excluding hydrogens is 398 g/mol. The minimum absolute atomic E-state index is 0.278. The minimum atomic E-state index is -0.968. The summed E-state index contributed by atoms with van der Waals surface area (Å²) in [6, 6.07) is 0.783. The Balaban J connectivity index is 0.000000368. The van der Waals surface area contributed by atoms with Gasteiger partial charge in [-0.3, -0.25) is 4.79 Å². The van der Waals surface area contributed by atoms with Gasteiger partial charge >= 0.3 is 5.97 Å². The lowest BCUT2D eigenvalue weighted by molar-refractivity contribution is -0.135. The van der Waals surface area contributed by atoms with Crippen LogP contribution in [-0.2, 0) is 4.79 Å². The third-order valence-electron chi connectivity index (χ3n) is 11.9. The SMILES string of the molecule is CCC1CCC2(C)C3CCC4C(C)C(NC)CCC45CC35CCC12C.CN.NCC(=O)O. The number of carboxylic acid groups (broad SMARTS) is 1. The fourth-order valence-electron chi connectivity index (χ4n) is 10.2. The molecule has 0 aromatic rings. The van der Waals surface area contributed by atoms with E-state index in [1.54, 1.807) is 19.3 Å². The first kappa shape index (κ1) is 26.0. The molecule has 5 saturated carbocycles. The second kappa shape index (κ2) is 9.19. The molecule has 186 valence electrons. The zero-order valence-corrected chi connectivity index (χ0v) is 21.7. The van der Waals surface area contributed by atoms with E-state index in [9.17, 15) is 4.79 Å². The Hall–Kier alpha value is -0.650. The molecule has 0 aromatic carbocycles. The molecule has 9 atom stereocenters. The standard InChI is InChI=1S/C24H41N.C2H5NO2.CH5N/c1-6-17-9-11-22(4)20-8-7-18-16(2)19(25-5)10-12-23(18)15-24(20,23)14-13-21(17,22)3;3-1-2(4)5;1-2/h16-20,25H,6-15H2,1-5H3;1,3H2,(H,4,5);2H2,1H3. The van der Waals surface area contributed by atoms with Crippen molar-refractivity contribution in [2.24, 2.45) is 56.8 Å². The van der Waals surface area contributed by atoms with E-state index in [2.05, 4.69) is 51.5 Å². The molecule has 0 heterocycles. The highest BCUT2D eigenvalue weighted by Gasteiger charge is 2.80. The van der Waals surface area contributed by atoms with Gasteiger partial charge in [0.05, 0.1) is 6.54 Å². The van der Waals surface area contributed by atoms with Gasteiger partial charge in [-0.2, -0.15) is 0 Å². The Morgan fingerprint density at radius 3 is 2.22 bits per heavy atom. The van der Waals surface area contributed by atoms with Crippen molar-refractivity contribution in [2.45, 2.75) is 97.9 Å². The molecule has 32 heavy (non-hydrogen) atoms. The second-order valence-electron chi connectivity index (χ2n) is 12.1. The lowest BCUT2D eigenvalue weighted by Crippen LogP contribution is -2.56. The number of nitrogens with one attached hydrogen (secondary N) is 1. The van der Waals surface area contributed by atoms with E-state index in [1.807, 2.05) is 0 Å². The molecule has 0 aromatic heterocycles. The van der Waals surface area contributed by atoms with Crippen LogP contribution in [0, 0.1) is 45.3 Å². The topological polar surface area (TPSA) is 101 Å². The summed E-state index contributed by atoms with van der Waals surface area (Å²) in [5.41, 5.74) is 11.9. The number of carbonyl (C=O) groups is 1. The monoisotopic (exact) mass is 449 g/mol. The Morgan fingerprint density at radius 1 is 1.00 bits per heavy atom. The number of carboxylic acids is 1. The number of hydrogen-bond acceptors (Lipinski definition) is 4. The van der Waals surface area contributed by atoms with Crippen molar-refractivity contribution in [3.63, 3.8) is 0 Å². The quantitative estimate of drug-likeness (QED) is 0.503. The van der Waals surface area contributed by atoms with Crippen molar-refractivity contribution in [2.75, 3.05) is 20.6 Å². The zero-order chi connectivity index (χ0) is 23.9. The van der Waals surface area contributed by atoms with Gasteiger partial charge in [0.15, 0.2) is 0 Å². The summed E-state index contributed by atoms with van der Waals surface area (Å²) in [6.07, 6.45) is 15.3. The number of rotatable bonds is 3. The van der Waals surface area contributed by atoms with E-state index < -0.39 is 5.97 Å². The minimum Gasteiger partial charge on any atom is -0.480 e. The molecule has 5 nitrogen and oxygen atoms in total. The second-order valence-corrected chi connectivity index (χ2v) is 12.1. The van der Waals surface area contributed by atoms with Gasteiger partial charge < -0.3 is 21.9 Å². The molecule has 0 amide bonds. The third-order valence-corrected chi connectivity index (χ3v) is 11.9. The average molecular weight is 450 g/mol. The van der Waals surface area contributed by atoms with E-state index in [0.717, 1.165) is 40.5 Å². The van der Waals surface area contributed by atoms with Gasteiger partial charge in [-0.05, 0) is 117 Å². The summed E-state index contributed by atoms with van der Waals surface area (Å²) in [7, 11) is 3.70. The van der Waals surface area contributed by atoms with Gasteiger partial charge in [-0.15, -0.1) is 0 Å². The lowest BCUT2D eigenvalue weighted by Gasteiger charge is -2.62. The van der Waals surface area contributed by atoms with Crippen molar-refractivity contribution < 1.29 is 9.90 Å². The van der Waals surface area contributed by atoms with E-state index in [-0.39, 0.29) is 6.54 Å². The maximum absolute atomic E-state index is 9.24. The van der Waals surface area contributed by atoms with E-state index in [0.29, 0.717) is 10.8 Å². The highest BCUT2D eigenvalue weighted by molar-refractivity contribution is 5.68. The van der Waals surface area contributed by atoms with Crippen LogP contribution in [-0.4, -0.2) is 37.8 Å². The highest BCUT2D eigenvalue weighted by atomic mass is 16.4. The lowest BCUT2D eigenvalue weighted by atomic mass is 9.43. The molecule has 9 unspecified atom stereocenters. The van der Waals surface area contributed by atoms with Crippen molar-refractivity contribution in [3.05, 3.63) is 0 Å². The molecule has 0 aliphatic heterocycles. The van der Waals surface area contributed by atoms with Gasteiger partial charge in [0.2, 0.25) is 0 Å². The van der Waals surface area contributed by atoms with Crippen LogP contribution in [0.15, 0.2) is 0 Å².